The van der Waals surface area contributed by atoms with Crippen LogP contribution in [0.5, 0.6) is 0 Å². The fraction of sp³-hybridized carbons (Fsp3) is 0.538. The van der Waals surface area contributed by atoms with E-state index in [-0.39, 0.29) is 23.4 Å². The van der Waals surface area contributed by atoms with Gasteiger partial charge in [-0.2, -0.15) is 0 Å². The maximum absolute atomic E-state index is 13.5. The van der Waals surface area contributed by atoms with Crippen molar-refractivity contribution in [1.82, 2.24) is 10.1 Å². The quantitative estimate of drug-likeness (QED) is 0.169. The second kappa shape index (κ2) is 19.6. The number of benzene rings is 2. The Balaban J connectivity index is 0.000000287. The van der Waals surface area contributed by atoms with Crippen LogP contribution in [-0.2, 0) is 38.2 Å². The van der Waals surface area contributed by atoms with E-state index in [9.17, 15) is 42.6 Å². The summed E-state index contributed by atoms with van der Waals surface area (Å²) < 4.78 is 36.6. The molecule has 0 bridgehead atoms. The Morgan fingerprint density at radius 2 is 1.17 bits per heavy atom. The van der Waals surface area contributed by atoms with E-state index in [1.165, 1.54) is 74.4 Å². The predicted molar refractivity (Wildman–Crippen MR) is 193 cm³/mol. The summed E-state index contributed by atoms with van der Waals surface area (Å²) in [4.78, 5) is 77.6. The molecule has 4 rings (SSSR count). The number of nitrogens with one attached hydrogen (secondary N) is 1. The highest BCUT2D eigenvalue weighted by Gasteiger charge is 2.47. The zero-order valence-corrected chi connectivity index (χ0v) is 31.5. The summed E-state index contributed by atoms with van der Waals surface area (Å²) in [7, 11) is 1.46. The number of Topliss-reactive ketones (excluding diaryl/α,β-unsaturated/α-hetero) is 2. The lowest BCUT2D eigenvalue weighted by Crippen LogP contribution is -2.52. The summed E-state index contributed by atoms with van der Waals surface area (Å²) >= 11 is 0. The Labute approximate surface area is 310 Å². The van der Waals surface area contributed by atoms with Gasteiger partial charge in [0.15, 0.2) is 0 Å². The van der Waals surface area contributed by atoms with Crippen LogP contribution >= 0.6 is 0 Å². The summed E-state index contributed by atoms with van der Waals surface area (Å²) in [5, 5.41) is 12.7. The second-order valence-electron chi connectivity index (χ2n) is 14.2. The fourth-order valence-corrected chi connectivity index (χ4v) is 7.31. The van der Waals surface area contributed by atoms with Gasteiger partial charge in [-0.15, -0.1) is 0 Å². The number of carbonyl (C=O) groups excluding carboxylic acids is 6. The number of hydrogen-bond donors (Lipinski definition) is 2. The Morgan fingerprint density at radius 3 is 1.55 bits per heavy atom. The molecule has 2 aliphatic heterocycles. The number of amides is 2. The maximum atomic E-state index is 13.5. The van der Waals surface area contributed by atoms with E-state index in [2.05, 4.69) is 5.32 Å². The molecule has 2 aromatic carbocycles. The Kier molecular flexibility index (Phi) is 15.9. The van der Waals surface area contributed by atoms with Gasteiger partial charge in [0, 0.05) is 48.6 Å². The predicted octanol–water partition coefficient (Wildman–Crippen LogP) is 4.72. The SMILES string of the molecule is COC(=O)C(C(=O)C(C)C)C(c1ccc(F)cc1)C1CCCN(B(C)O)C1=O.COC(=O)C(C(=O)C(C)C)C(c1ccc(F)cc1)C1CCCNC1=O. The second-order valence-corrected chi connectivity index (χ2v) is 14.2. The van der Waals surface area contributed by atoms with Crippen LogP contribution < -0.4 is 5.32 Å². The van der Waals surface area contributed by atoms with Crippen LogP contribution in [0.4, 0.5) is 8.78 Å². The van der Waals surface area contributed by atoms with E-state index in [1.807, 2.05) is 0 Å². The van der Waals surface area contributed by atoms with Gasteiger partial charge in [0.2, 0.25) is 11.8 Å². The molecule has 0 saturated carbocycles. The third-order valence-electron chi connectivity index (χ3n) is 10.0. The number of rotatable bonds is 13. The fourth-order valence-electron chi connectivity index (χ4n) is 7.31. The minimum Gasteiger partial charge on any atom is -0.468 e. The van der Waals surface area contributed by atoms with Crippen molar-refractivity contribution in [1.29, 1.82) is 0 Å². The molecule has 2 fully saturated rings. The highest BCUT2D eigenvalue weighted by atomic mass is 19.1. The van der Waals surface area contributed by atoms with Crippen molar-refractivity contribution in [3.8, 4) is 0 Å². The van der Waals surface area contributed by atoms with Gasteiger partial charge >= 0.3 is 19.0 Å². The van der Waals surface area contributed by atoms with Crippen molar-refractivity contribution < 1.29 is 52.0 Å². The lowest BCUT2D eigenvalue weighted by Gasteiger charge is -2.39. The van der Waals surface area contributed by atoms with Crippen molar-refractivity contribution >= 4 is 42.4 Å². The summed E-state index contributed by atoms with van der Waals surface area (Å²) in [6, 6.07) is 11.1. The first-order valence-corrected chi connectivity index (χ1v) is 18.1. The molecular formula is C39H51BF2N2O9. The van der Waals surface area contributed by atoms with Crippen LogP contribution in [0, 0.1) is 47.1 Å². The average Bonchev–Trinajstić information content (AvgIpc) is 3.13. The van der Waals surface area contributed by atoms with Gasteiger partial charge in [0.25, 0.3) is 0 Å². The number of methoxy groups -OCH3 is 2. The van der Waals surface area contributed by atoms with Crippen LogP contribution in [0.1, 0.15) is 76.3 Å². The largest absolute Gasteiger partial charge is 0.468 e. The number of ketones is 2. The number of carbonyl (C=O) groups is 6. The van der Waals surface area contributed by atoms with Gasteiger partial charge in [-0.05, 0) is 67.9 Å². The lowest BCUT2D eigenvalue weighted by molar-refractivity contribution is -0.154. The molecule has 0 aliphatic carbocycles. The molecule has 2 heterocycles. The van der Waals surface area contributed by atoms with Crippen LogP contribution in [0.3, 0.4) is 0 Å². The molecule has 2 amide bonds. The van der Waals surface area contributed by atoms with Crippen LogP contribution in [-0.4, -0.2) is 79.5 Å². The zero-order valence-electron chi connectivity index (χ0n) is 31.5. The summed E-state index contributed by atoms with van der Waals surface area (Å²) in [5.41, 5.74) is 1.12. The normalized spacial score (nSPS) is 19.6. The molecule has 288 valence electrons. The van der Waals surface area contributed by atoms with E-state index >= 15 is 0 Å². The summed E-state index contributed by atoms with van der Waals surface area (Å²) in [6.45, 7) is 9.28. The molecule has 14 heteroatoms. The smallest absolute Gasteiger partial charge is 0.411 e. The first-order chi connectivity index (χ1) is 25.0. The molecule has 0 radical (unpaired) electrons. The highest BCUT2D eigenvalue weighted by molar-refractivity contribution is 6.49. The molecule has 6 atom stereocenters. The molecule has 2 aromatic rings. The highest BCUT2D eigenvalue weighted by Crippen LogP contribution is 2.41. The third-order valence-corrected chi connectivity index (χ3v) is 10.0. The molecule has 2 aliphatic rings. The number of halogens is 2. The van der Waals surface area contributed by atoms with E-state index < -0.39 is 78.0 Å². The van der Waals surface area contributed by atoms with Gasteiger partial charge in [0.1, 0.15) is 35.0 Å². The van der Waals surface area contributed by atoms with Gasteiger partial charge in [-0.1, -0.05) is 52.0 Å². The standard InChI is InChI=1S/C20H27BFNO5.C19H24FNO4/c1-12(2)18(24)17(20(26)28-4)16(13-7-9-14(22)10-8-13)15-6-5-11-23(19(15)25)21(3)27;1-11(2)17(22)16(19(24)25-3)15(12-6-8-13(20)9-7-12)14-5-4-10-21-18(14)23/h7-10,12,15-17,27H,5-6,11H2,1-4H3;6-9,11,14-16H,4-5,10H2,1-3H3,(H,21,23). The molecule has 2 saturated heterocycles. The van der Waals surface area contributed by atoms with Crippen LogP contribution in [0.15, 0.2) is 48.5 Å². The molecular weight excluding hydrogens is 689 g/mol. The van der Waals surface area contributed by atoms with Gasteiger partial charge in [-0.3, -0.25) is 28.8 Å². The topological polar surface area (TPSA) is 156 Å². The number of nitrogens with zero attached hydrogens (tertiary/aromatic N) is 1. The van der Waals surface area contributed by atoms with Crippen molar-refractivity contribution in [2.24, 2.45) is 35.5 Å². The van der Waals surface area contributed by atoms with Crippen molar-refractivity contribution in [3.63, 3.8) is 0 Å². The van der Waals surface area contributed by atoms with Crippen molar-refractivity contribution in [3.05, 3.63) is 71.3 Å². The van der Waals surface area contributed by atoms with Crippen molar-refractivity contribution in [2.45, 2.75) is 72.0 Å². The van der Waals surface area contributed by atoms with Gasteiger partial charge in [0.05, 0.1) is 14.2 Å². The lowest BCUT2D eigenvalue weighted by atomic mass is 9.68. The summed E-state index contributed by atoms with van der Waals surface area (Å²) in [5.74, 6) is -9.17. The minimum atomic E-state index is -1.18. The van der Waals surface area contributed by atoms with E-state index in [0.717, 1.165) is 6.42 Å². The minimum absolute atomic E-state index is 0.189. The molecule has 53 heavy (non-hydrogen) atoms. The number of piperidine rings is 2. The van der Waals surface area contributed by atoms with Crippen molar-refractivity contribution in [2.75, 3.05) is 27.3 Å². The molecule has 2 N–H and O–H groups in total. The number of esters is 2. The van der Waals surface area contributed by atoms with Crippen LogP contribution in [0.25, 0.3) is 0 Å². The Hall–Kier alpha value is -4.46. The zero-order chi connectivity index (χ0) is 39.6. The number of hydrogen-bond acceptors (Lipinski definition) is 9. The van der Waals surface area contributed by atoms with E-state index in [1.54, 1.807) is 27.7 Å². The van der Waals surface area contributed by atoms with Gasteiger partial charge in [-0.25, -0.2) is 8.78 Å². The Bertz CT molecular complexity index is 1600. The first-order valence-electron chi connectivity index (χ1n) is 18.1. The average molecular weight is 741 g/mol. The maximum Gasteiger partial charge on any atom is 0.411 e. The van der Waals surface area contributed by atoms with E-state index in [0.29, 0.717) is 43.5 Å². The molecule has 11 nitrogen and oxygen atoms in total. The summed E-state index contributed by atoms with van der Waals surface area (Å²) in [6.07, 6.45) is 2.41. The van der Waals surface area contributed by atoms with Crippen LogP contribution in [0.2, 0.25) is 6.82 Å². The molecule has 6 unspecified atom stereocenters. The number of ether oxygens (including phenoxy) is 2. The third kappa shape index (κ3) is 10.6. The Morgan fingerprint density at radius 1 is 0.755 bits per heavy atom. The van der Waals surface area contributed by atoms with Gasteiger partial charge < -0.3 is 24.6 Å². The molecule has 0 spiro atoms. The first kappa shape index (κ1) is 43.0. The monoisotopic (exact) mass is 740 g/mol. The molecule has 0 aromatic heterocycles. The van der Waals surface area contributed by atoms with E-state index in [4.69, 9.17) is 9.47 Å².